The van der Waals surface area contributed by atoms with Crippen LogP contribution in [-0.2, 0) is 19.4 Å². The standard InChI is InChI=1S/C7H8O2S.C3H8OS/c1-10(8,9)7-5-3-2-4-6-7;1-5(2,3)4/h2-6H,1H3;1H2,2-3H3. The molecule has 86 valence electrons. The lowest BCUT2D eigenvalue weighted by molar-refractivity contribution is 0.602. The third kappa shape index (κ3) is 9.49. The molecule has 0 fully saturated rings. The average Bonchev–Trinajstić information content (AvgIpc) is 2.01. The van der Waals surface area contributed by atoms with E-state index in [1.54, 1.807) is 42.8 Å². The zero-order valence-electron chi connectivity index (χ0n) is 9.14. The van der Waals surface area contributed by atoms with E-state index in [4.69, 9.17) is 0 Å². The van der Waals surface area contributed by atoms with E-state index in [9.17, 15) is 12.6 Å². The lowest BCUT2D eigenvalue weighted by Gasteiger charge is -1.93. The molecule has 0 bridgehead atoms. The Hall–Kier alpha value is -0.810. The molecule has 0 unspecified atom stereocenters. The first-order chi connectivity index (χ1) is 6.61. The Morgan fingerprint density at radius 2 is 1.27 bits per heavy atom. The quantitative estimate of drug-likeness (QED) is 0.698. The maximum absolute atomic E-state index is 10.8. The zero-order chi connectivity index (χ0) is 12.1. The van der Waals surface area contributed by atoms with E-state index in [0.717, 1.165) is 0 Å². The van der Waals surface area contributed by atoms with E-state index in [1.807, 2.05) is 0 Å². The van der Waals surface area contributed by atoms with Gasteiger partial charge in [0.05, 0.1) is 4.90 Å². The van der Waals surface area contributed by atoms with Crippen LogP contribution >= 0.6 is 0 Å². The molecule has 0 spiro atoms. The minimum atomic E-state index is -3.00. The highest BCUT2D eigenvalue weighted by atomic mass is 32.2. The number of sulfone groups is 1. The third-order valence-corrected chi connectivity index (χ3v) is 2.30. The first kappa shape index (κ1) is 14.2. The number of hydrogen-bond acceptors (Lipinski definition) is 3. The highest BCUT2D eigenvalue weighted by Gasteiger charge is 2.02. The lowest BCUT2D eigenvalue weighted by atomic mass is 10.4. The summed E-state index contributed by atoms with van der Waals surface area (Å²) in [7, 11) is -4.67. The van der Waals surface area contributed by atoms with Crippen LogP contribution in [0.4, 0.5) is 0 Å². The molecule has 0 radical (unpaired) electrons. The molecule has 0 aromatic heterocycles. The molecule has 0 atom stereocenters. The summed E-state index contributed by atoms with van der Waals surface area (Å²) in [6.07, 6.45) is 4.41. The fourth-order valence-electron chi connectivity index (χ4n) is 0.668. The van der Waals surface area contributed by atoms with Crippen molar-refractivity contribution >= 4 is 25.2 Å². The Balaban J connectivity index is 0.000000336. The second-order valence-electron chi connectivity index (χ2n) is 3.52. The van der Waals surface area contributed by atoms with Gasteiger partial charge in [0, 0.05) is 18.8 Å². The summed E-state index contributed by atoms with van der Waals surface area (Å²) >= 11 is 0. The molecule has 0 aliphatic rings. The molecule has 15 heavy (non-hydrogen) atoms. The molecule has 3 nitrogen and oxygen atoms in total. The van der Waals surface area contributed by atoms with Crippen molar-refractivity contribution in [1.29, 1.82) is 0 Å². The topological polar surface area (TPSA) is 51.2 Å². The van der Waals surface area contributed by atoms with Crippen LogP contribution in [0.25, 0.3) is 0 Å². The summed E-state index contributed by atoms with van der Waals surface area (Å²) in [6.45, 7) is 0. The van der Waals surface area contributed by atoms with Crippen molar-refractivity contribution in [2.24, 2.45) is 0 Å². The van der Waals surface area contributed by atoms with Crippen LogP contribution in [0.5, 0.6) is 0 Å². The summed E-state index contributed by atoms with van der Waals surface area (Å²) in [5.74, 6) is 3.30. The zero-order valence-corrected chi connectivity index (χ0v) is 10.8. The van der Waals surface area contributed by atoms with Crippen molar-refractivity contribution in [3.63, 3.8) is 0 Å². The SMILES string of the molecule is C=S(C)(C)=O.CS(=O)(=O)c1ccccc1. The predicted octanol–water partition coefficient (Wildman–Crippen LogP) is 1.05. The van der Waals surface area contributed by atoms with Gasteiger partial charge in [-0.3, -0.25) is 4.21 Å². The molecule has 0 aliphatic heterocycles. The second-order valence-corrected chi connectivity index (χ2v) is 8.41. The Morgan fingerprint density at radius 3 is 1.47 bits per heavy atom. The summed E-state index contributed by atoms with van der Waals surface area (Å²) in [5.41, 5.74) is 0. The molecule has 0 heterocycles. The van der Waals surface area contributed by atoms with Gasteiger partial charge in [0.2, 0.25) is 0 Å². The highest BCUT2D eigenvalue weighted by molar-refractivity contribution is 7.99. The molecule has 5 heteroatoms. The molecular weight excluding hydrogens is 232 g/mol. The minimum absolute atomic E-state index is 0.370. The van der Waals surface area contributed by atoms with Crippen LogP contribution in [0.1, 0.15) is 0 Å². The number of hydrogen-bond donors (Lipinski definition) is 0. The number of rotatable bonds is 1. The van der Waals surface area contributed by atoms with Gasteiger partial charge < -0.3 is 0 Å². The van der Waals surface area contributed by atoms with Crippen LogP contribution in [0.2, 0.25) is 0 Å². The predicted molar refractivity (Wildman–Crippen MR) is 66.7 cm³/mol. The van der Waals surface area contributed by atoms with Gasteiger partial charge in [0.15, 0.2) is 9.84 Å². The van der Waals surface area contributed by atoms with Gasteiger partial charge >= 0.3 is 0 Å². The van der Waals surface area contributed by atoms with Crippen molar-refractivity contribution in [1.82, 2.24) is 0 Å². The molecule has 1 aromatic rings. The van der Waals surface area contributed by atoms with Crippen molar-refractivity contribution < 1.29 is 12.6 Å². The molecule has 0 saturated carbocycles. The van der Waals surface area contributed by atoms with E-state index in [1.165, 1.54) is 6.26 Å². The Kier molecular flexibility index (Phi) is 5.03. The summed E-state index contributed by atoms with van der Waals surface area (Å²) in [6, 6.07) is 8.35. The smallest absolute Gasteiger partial charge is 0.175 e. The fraction of sp³-hybridized carbons (Fsp3) is 0.300. The second kappa shape index (κ2) is 5.32. The lowest BCUT2D eigenvalue weighted by Crippen LogP contribution is -1.95. The fourth-order valence-corrected chi connectivity index (χ4v) is 1.32. The highest BCUT2D eigenvalue weighted by Crippen LogP contribution is 2.05. The Morgan fingerprint density at radius 1 is 0.933 bits per heavy atom. The molecule has 1 aromatic carbocycles. The molecule has 0 amide bonds. The third-order valence-electron chi connectivity index (χ3n) is 1.17. The van der Waals surface area contributed by atoms with Crippen LogP contribution < -0.4 is 0 Å². The minimum Gasteiger partial charge on any atom is -0.269 e. The van der Waals surface area contributed by atoms with Crippen molar-refractivity contribution in [3.05, 3.63) is 30.3 Å². The first-order valence-electron chi connectivity index (χ1n) is 4.13. The van der Waals surface area contributed by atoms with Crippen molar-refractivity contribution in [3.8, 4) is 0 Å². The number of benzene rings is 1. The molecule has 0 saturated heterocycles. The van der Waals surface area contributed by atoms with E-state index in [2.05, 4.69) is 5.87 Å². The normalized spacial score (nSPS) is 11.4. The van der Waals surface area contributed by atoms with Gasteiger partial charge in [-0.05, 0) is 27.5 Å². The Labute approximate surface area is 92.1 Å². The summed E-state index contributed by atoms with van der Waals surface area (Å²) < 4.78 is 31.7. The van der Waals surface area contributed by atoms with Crippen molar-refractivity contribution in [2.45, 2.75) is 4.90 Å². The Bertz CT molecular complexity index is 477. The van der Waals surface area contributed by atoms with E-state index < -0.39 is 19.4 Å². The van der Waals surface area contributed by atoms with E-state index >= 15 is 0 Å². The van der Waals surface area contributed by atoms with E-state index in [-0.39, 0.29) is 0 Å². The maximum atomic E-state index is 10.8. The van der Waals surface area contributed by atoms with Crippen LogP contribution in [0.3, 0.4) is 0 Å². The monoisotopic (exact) mass is 248 g/mol. The molecule has 1 rings (SSSR count). The molecule has 0 N–H and O–H groups in total. The molecule has 0 aliphatic carbocycles. The van der Waals surface area contributed by atoms with Crippen LogP contribution in [0, 0.1) is 0 Å². The average molecular weight is 248 g/mol. The van der Waals surface area contributed by atoms with Crippen LogP contribution in [-0.4, -0.2) is 37.3 Å². The summed E-state index contributed by atoms with van der Waals surface area (Å²) in [5, 5.41) is 0. The van der Waals surface area contributed by atoms with Gasteiger partial charge in [-0.15, -0.1) is 0 Å². The van der Waals surface area contributed by atoms with Crippen molar-refractivity contribution in [2.75, 3.05) is 18.8 Å². The van der Waals surface area contributed by atoms with Gasteiger partial charge in [-0.2, -0.15) is 0 Å². The first-order valence-corrected chi connectivity index (χ1v) is 8.56. The van der Waals surface area contributed by atoms with Gasteiger partial charge in [-0.25, -0.2) is 8.42 Å². The summed E-state index contributed by atoms with van der Waals surface area (Å²) in [4.78, 5) is 0.370. The largest absolute Gasteiger partial charge is 0.269 e. The van der Waals surface area contributed by atoms with Gasteiger partial charge in [0.25, 0.3) is 0 Å². The van der Waals surface area contributed by atoms with E-state index in [0.29, 0.717) is 4.90 Å². The van der Waals surface area contributed by atoms with Gasteiger partial charge in [0.1, 0.15) is 0 Å². The molecular formula is C10H16O3S2. The maximum Gasteiger partial charge on any atom is 0.175 e. The van der Waals surface area contributed by atoms with Gasteiger partial charge in [-0.1, -0.05) is 18.2 Å². The van der Waals surface area contributed by atoms with Crippen LogP contribution in [0.15, 0.2) is 35.2 Å².